The van der Waals surface area contributed by atoms with E-state index < -0.39 is 0 Å². The number of nitrogens with one attached hydrogen (secondary N) is 1. The van der Waals surface area contributed by atoms with Crippen molar-refractivity contribution >= 4 is 0 Å². The summed E-state index contributed by atoms with van der Waals surface area (Å²) in [7, 11) is 1.85. The third kappa shape index (κ3) is 5.18. The number of aliphatic hydroxyl groups excluding tert-OH is 1. The molecule has 0 aliphatic carbocycles. The number of aliphatic hydroxyl groups is 1. The van der Waals surface area contributed by atoms with Crippen molar-refractivity contribution in [2.45, 2.75) is 20.0 Å². The standard InChI is InChI=1S/C8H20N2O/c1-4-10(5-2)7-8(11)6-9-3/h8-9,11H,4-7H2,1-3H3/t8-/m1/s1. The molecule has 0 radical (unpaired) electrons. The van der Waals surface area contributed by atoms with Crippen LogP contribution in [-0.4, -0.2) is 49.3 Å². The van der Waals surface area contributed by atoms with Crippen molar-refractivity contribution in [3.63, 3.8) is 0 Å². The first-order chi connectivity index (χ1) is 5.24. The quantitative estimate of drug-likeness (QED) is 0.570. The zero-order valence-electron chi connectivity index (χ0n) is 7.80. The summed E-state index contributed by atoms with van der Waals surface area (Å²) in [5.41, 5.74) is 0. The van der Waals surface area contributed by atoms with Crippen molar-refractivity contribution in [1.29, 1.82) is 0 Å². The number of hydrogen-bond donors (Lipinski definition) is 2. The van der Waals surface area contributed by atoms with E-state index >= 15 is 0 Å². The monoisotopic (exact) mass is 160 g/mol. The lowest BCUT2D eigenvalue weighted by atomic mass is 10.3. The van der Waals surface area contributed by atoms with Gasteiger partial charge in [0.2, 0.25) is 0 Å². The second-order valence-corrected chi connectivity index (χ2v) is 2.70. The Morgan fingerprint density at radius 2 is 1.91 bits per heavy atom. The fourth-order valence-electron chi connectivity index (χ4n) is 1.08. The second kappa shape index (κ2) is 6.58. The van der Waals surface area contributed by atoms with Crippen LogP contribution in [-0.2, 0) is 0 Å². The maximum Gasteiger partial charge on any atom is 0.0791 e. The molecule has 0 rings (SSSR count). The molecule has 0 spiro atoms. The predicted molar refractivity (Wildman–Crippen MR) is 47.7 cm³/mol. The van der Waals surface area contributed by atoms with Gasteiger partial charge in [0.15, 0.2) is 0 Å². The van der Waals surface area contributed by atoms with Crippen molar-refractivity contribution in [2.24, 2.45) is 0 Å². The van der Waals surface area contributed by atoms with Crippen molar-refractivity contribution in [1.82, 2.24) is 10.2 Å². The third-order valence-electron chi connectivity index (χ3n) is 1.80. The van der Waals surface area contributed by atoms with Crippen LogP contribution in [0.3, 0.4) is 0 Å². The Hall–Kier alpha value is -0.120. The second-order valence-electron chi connectivity index (χ2n) is 2.70. The molecule has 0 aromatic heterocycles. The van der Waals surface area contributed by atoms with Gasteiger partial charge in [-0.25, -0.2) is 0 Å². The van der Waals surface area contributed by atoms with Crippen LogP contribution in [0.5, 0.6) is 0 Å². The highest BCUT2D eigenvalue weighted by Crippen LogP contribution is 1.90. The van der Waals surface area contributed by atoms with Crippen molar-refractivity contribution < 1.29 is 5.11 Å². The summed E-state index contributed by atoms with van der Waals surface area (Å²) in [6.45, 7) is 7.68. The van der Waals surface area contributed by atoms with E-state index in [-0.39, 0.29) is 6.10 Å². The lowest BCUT2D eigenvalue weighted by Crippen LogP contribution is -2.37. The highest BCUT2D eigenvalue weighted by atomic mass is 16.3. The summed E-state index contributed by atoms with van der Waals surface area (Å²) in [5.74, 6) is 0. The smallest absolute Gasteiger partial charge is 0.0791 e. The minimum atomic E-state index is -0.236. The lowest BCUT2D eigenvalue weighted by Gasteiger charge is -2.21. The van der Waals surface area contributed by atoms with Crippen LogP contribution in [0, 0.1) is 0 Å². The molecule has 0 aliphatic heterocycles. The number of hydrogen-bond acceptors (Lipinski definition) is 3. The molecule has 0 unspecified atom stereocenters. The Morgan fingerprint density at radius 3 is 2.27 bits per heavy atom. The Labute approximate surface area is 69.4 Å². The average Bonchev–Trinajstić information content (AvgIpc) is 2.01. The number of likely N-dealkylation sites (N-methyl/N-ethyl adjacent to an activating group) is 2. The first-order valence-corrected chi connectivity index (χ1v) is 4.29. The molecule has 0 fully saturated rings. The molecule has 3 nitrogen and oxygen atoms in total. The molecule has 0 aliphatic rings. The van der Waals surface area contributed by atoms with Gasteiger partial charge < -0.3 is 15.3 Å². The van der Waals surface area contributed by atoms with Crippen molar-refractivity contribution in [3.05, 3.63) is 0 Å². The SMILES string of the molecule is CCN(CC)C[C@H](O)CNC. The fraction of sp³-hybridized carbons (Fsp3) is 1.00. The van der Waals surface area contributed by atoms with Crippen LogP contribution in [0.2, 0.25) is 0 Å². The molecule has 1 atom stereocenters. The molecule has 0 saturated carbocycles. The van der Waals surface area contributed by atoms with E-state index in [0.29, 0.717) is 6.54 Å². The van der Waals surface area contributed by atoms with E-state index in [4.69, 9.17) is 0 Å². The molecule has 0 saturated heterocycles. The third-order valence-corrected chi connectivity index (χ3v) is 1.80. The summed E-state index contributed by atoms with van der Waals surface area (Å²) < 4.78 is 0. The highest BCUT2D eigenvalue weighted by Gasteiger charge is 2.06. The molecule has 0 aromatic rings. The van der Waals surface area contributed by atoms with E-state index in [1.54, 1.807) is 0 Å². The molecule has 3 heteroatoms. The van der Waals surface area contributed by atoms with Gasteiger partial charge in [-0.2, -0.15) is 0 Å². The molecule has 0 amide bonds. The number of nitrogens with zero attached hydrogens (tertiary/aromatic N) is 1. The molecular weight excluding hydrogens is 140 g/mol. The van der Waals surface area contributed by atoms with E-state index in [9.17, 15) is 5.11 Å². The summed E-state index contributed by atoms with van der Waals surface area (Å²) >= 11 is 0. The molecule has 2 N–H and O–H groups in total. The maximum atomic E-state index is 9.38. The predicted octanol–water partition coefficient (Wildman–Crippen LogP) is -0.0915. The molecule has 68 valence electrons. The van der Waals surface area contributed by atoms with Gasteiger partial charge in [0.05, 0.1) is 6.10 Å². The Morgan fingerprint density at radius 1 is 1.36 bits per heavy atom. The van der Waals surface area contributed by atoms with E-state index in [1.165, 1.54) is 0 Å². The van der Waals surface area contributed by atoms with Gasteiger partial charge in [0, 0.05) is 13.1 Å². The summed E-state index contributed by atoms with van der Waals surface area (Å²) in [5, 5.41) is 12.3. The van der Waals surface area contributed by atoms with Crippen LogP contribution in [0.4, 0.5) is 0 Å². The Kier molecular flexibility index (Phi) is 6.51. The van der Waals surface area contributed by atoms with Crippen molar-refractivity contribution in [3.8, 4) is 0 Å². The van der Waals surface area contributed by atoms with Gasteiger partial charge in [0.25, 0.3) is 0 Å². The molecule has 0 bridgehead atoms. The molecule has 0 heterocycles. The Balaban J connectivity index is 3.44. The van der Waals surface area contributed by atoms with E-state index in [1.807, 2.05) is 7.05 Å². The van der Waals surface area contributed by atoms with Crippen LogP contribution in [0.1, 0.15) is 13.8 Å². The largest absolute Gasteiger partial charge is 0.390 e. The van der Waals surface area contributed by atoms with Gasteiger partial charge in [-0.05, 0) is 20.1 Å². The van der Waals surface area contributed by atoms with Crippen molar-refractivity contribution in [2.75, 3.05) is 33.2 Å². The van der Waals surface area contributed by atoms with Gasteiger partial charge in [-0.1, -0.05) is 13.8 Å². The zero-order chi connectivity index (χ0) is 8.69. The molecular formula is C8H20N2O. The fourth-order valence-corrected chi connectivity index (χ4v) is 1.08. The topological polar surface area (TPSA) is 35.5 Å². The van der Waals surface area contributed by atoms with Gasteiger partial charge in [0.1, 0.15) is 0 Å². The van der Waals surface area contributed by atoms with Gasteiger partial charge in [-0.15, -0.1) is 0 Å². The minimum Gasteiger partial charge on any atom is -0.390 e. The van der Waals surface area contributed by atoms with Crippen LogP contribution in [0.15, 0.2) is 0 Å². The van der Waals surface area contributed by atoms with E-state index in [2.05, 4.69) is 24.1 Å². The summed E-state index contributed by atoms with van der Waals surface area (Å²) in [4.78, 5) is 2.21. The summed E-state index contributed by atoms with van der Waals surface area (Å²) in [6, 6.07) is 0. The van der Waals surface area contributed by atoms with Gasteiger partial charge in [-0.3, -0.25) is 0 Å². The average molecular weight is 160 g/mol. The van der Waals surface area contributed by atoms with Crippen LogP contribution in [0.25, 0.3) is 0 Å². The Bertz CT molecular complexity index is 84.2. The minimum absolute atomic E-state index is 0.236. The highest BCUT2D eigenvalue weighted by molar-refractivity contribution is 4.63. The first kappa shape index (κ1) is 10.9. The molecule has 11 heavy (non-hydrogen) atoms. The van der Waals surface area contributed by atoms with Crippen LogP contribution >= 0.6 is 0 Å². The first-order valence-electron chi connectivity index (χ1n) is 4.29. The zero-order valence-corrected chi connectivity index (χ0v) is 7.80. The normalized spacial score (nSPS) is 13.9. The number of rotatable bonds is 6. The summed E-state index contributed by atoms with van der Waals surface area (Å²) in [6.07, 6.45) is -0.236. The lowest BCUT2D eigenvalue weighted by molar-refractivity contribution is 0.118. The maximum absolute atomic E-state index is 9.38. The molecule has 0 aromatic carbocycles. The van der Waals surface area contributed by atoms with Crippen LogP contribution < -0.4 is 5.32 Å². The van der Waals surface area contributed by atoms with E-state index in [0.717, 1.165) is 19.6 Å². The van der Waals surface area contributed by atoms with Gasteiger partial charge >= 0.3 is 0 Å².